The molecule has 1 fully saturated rings. The van der Waals surface area contributed by atoms with Gasteiger partial charge in [-0.15, -0.1) is 0 Å². The molecule has 3 heterocycles. The van der Waals surface area contributed by atoms with Crippen LogP contribution in [-0.2, 0) is 0 Å². The molecule has 2 aromatic heterocycles. The minimum absolute atomic E-state index is 0.996. The number of nitrogens with zero attached hydrogens (tertiary/aromatic N) is 4. The molecule has 0 atom stereocenters. The van der Waals surface area contributed by atoms with Gasteiger partial charge in [0.1, 0.15) is 17.4 Å². The number of fused-ring (bicyclic) bond motifs is 3. The normalized spacial score (nSPS) is 17.0. The Morgan fingerprint density at radius 3 is 2.76 bits per heavy atom. The van der Waals surface area contributed by atoms with Crippen molar-refractivity contribution in [3.63, 3.8) is 0 Å². The van der Waals surface area contributed by atoms with Crippen molar-refractivity contribution in [3.05, 3.63) is 29.0 Å². The van der Waals surface area contributed by atoms with Crippen LogP contribution >= 0.6 is 15.9 Å². The van der Waals surface area contributed by atoms with E-state index in [2.05, 4.69) is 59.9 Å². The molecule has 108 valence electrons. The SMILES string of the molecule is CN1CCN(c2ncnc3c2[nH]c2ccc(Br)cc23)CC1. The molecule has 1 saturated heterocycles. The molecule has 1 N–H and O–H groups in total. The highest BCUT2D eigenvalue weighted by Crippen LogP contribution is 2.31. The first kappa shape index (κ1) is 13.0. The van der Waals surface area contributed by atoms with Crippen LogP contribution in [0.1, 0.15) is 0 Å². The lowest BCUT2D eigenvalue weighted by atomic mass is 10.2. The summed E-state index contributed by atoms with van der Waals surface area (Å²) in [5.74, 6) is 1.01. The maximum Gasteiger partial charge on any atom is 0.156 e. The van der Waals surface area contributed by atoms with Crippen LogP contribution in [0.25, 0.3) is 21.9 Å². The van der Waals surface area contributed by atoms with E-state index in [4.69, 9.17) is 0 Å². The van der Waals surface area contributed by atoms with Gasteiger partial charge in [-0.1, -0.05) is 15.9 Å². The molecule has 6 heteroatoms. The molecule has 0 radical (unpaired) electrons. The first-order chi connectivity index (χ1) is 10.2. The fourth-order valence-corrected chi connectivity index (χ4v) is 3.27. The van der Waals surface area contributed by atoms with Crippen molar-refractivity contribution in [2.45, 2.75) is 0 Å². The lowest BCUT2D eigenvalue weighted by Crippen LogP contribution is -2.44. The molecular weight excluding hydrogens is 330 g/mol. The number of halogens is 1. The fourth-order valence-electron chi connectivity index (χ4n) is 2.91. The van der Waals surface area contributed by atoms with Crippen LogP contribution in [0.3, 0.4) is 0 Å². The Morgan fingerprint density at radius 1 is 1.14 bits per heavy atom. The van der Waals surface area contributed by atoms with Gasteiger partial charge in [0.05, 0.1) is 0 Å². The van der Waals surface area contributed by atoms with Crippen LogP contribution in [-0.4, -0.2) is 53.1 Å². The monoisotopic (exact) mass is 345 g/mol. The second-order valence-corrected chi connectivity index (χ2v) is 6.44. The Kier molecular flexibility index (Phi) is 3.08. The van der Waals surface area contributed by atoms with Gasteiger partial charge < -0.3 is 14.8 Å². The second-order valence-electron chi connectivity index (χ2n) is 5.53. The molecule has 1 aliphatic rings. The molecule has 0 aliphatic carbocycles. The molecule has 0 unspecified atom stereocenters. The van der Waals surface area contributed by atoms with E-state index >= 15 is 0 Å². The highest BCUT2D eigenvalue weighted by molar-refractivity contribution is 9.10. The van der Waals surface area contributed by atoms with Crippen molar-refractivity contribution in [2.24, 2.45) is 0 Å². The van der Waals surface area contributed by atoms with Crippen molar-refractivity contribution in [1.29, 1.82) is 0 Å². The number of likely N-dealkylation sites (N-methyl/N-ethyl adjacent to an activating group) is 1. The molecule has 1 aromatic carbocycles. The molecular formula is C15H16BrN5. The van der Waals surface area contributed by atoms with Gasteiger partial charge in [0, 0.05) is 41.6 Å². The van der Waals surface area contributed by atoms with Crippen molar-refractivity contribution < 1.29 is 0 Å². The summed E-state index contributed by atoms with van der Waals surface area (Å²) in [5, 5.41) is 1.14. The number of anilines is 1. The Hall–Kier alpha value is -1.66. The largest absolute Gasteiger partial charge is 0.352 e. The summed E-state index contributed by atoms with van der Waals surface area (Å²) >= 11 is 3.53. The van der Waals surface area contributed by atoms with Gasteiger partial charge in [0.15, 0.2) is 5.82 Å². The van der Waals surface area contributed by atoms with E-state index < -0.39 is 0 Å². The highest BCUT2D eigenvalue weighted by atomic mass is 79.9. The predicted molar refractivity (Wildman–Crippen MR) is 88.8 cm³/mol. The number of H-pyrrole nitrogens is 1. The molecule has 4 rings (SSSR count). The van der Waals surface area contributed by atoms with Crippen molar-refractivity contribution in [2.75, 3.05) is 38.1 Å². The lowest BCUT2D eigenvalue weighted by Gasteiger charge is -2.33. The maximum absolute atomic E-state index is 4.53. The number of benzene rings is 1. The third-order valence-electron chi connectivity index (χ3n) is 4.13. The molecule has 0 bridgehead atoms. The van der Waals surface area contributed by atoms with E-state index in [-0.39, 0.29) is 0 Å². The topological polar surface area (TPSA) is 48.1 Å². The zero-order valence-electron chi connectivity index (χ0n) is 11.8. The number of hydrogen-bond donors (Lipinski definition) is 1. The summed E-state index contributed by atoms with van der Waals surface area (Å²) < 4.78 is 1.07. The summed E-state index contributed by atoms with van der Waals surface area (Å²) in [4.78, 5) is 17.2. The smallest absolute Gasteiger partial charge is 0.156 e. The van der Waals surface area contributed by atoms with Crippen LogP contribution in [0.15, 0.2) is 29.0 Å². The maximum atomic E-state index is 4.53. The van der Waals surface area contributed by atoms with Gasteiger partial charge >= 0.3 is 0 Å². The molecule has 1 aliphatic heterocycles. The van der Waals surface area contributed by atoms with Crippen molar-refractivity contribution >= 4 is 43.7 Å². The number of hydrogen-bond acceptors (Lipinski definition) is 4. The molecule has 0 spiro atoms. The van der Waals surface area contributed by atoms with Crippen LogP contribution in [0.4, 0.5) is 5.82 Å². The van der Waals surface area contributed by atoms with E-state index in [1.807, 2.05) is 6.07 Å². The second kappa shape index (κ2) is 4.96. The van der Waals surface area contributed by atoms with E-state index in [1.165, 1.54) is 0 Å². The summed E-state index contributed by atoms with van der Waals surface area (Å²) in [5.41, 5.74) is 3.13. The zero-order chi connectivity index (χ0) is 14.4. The standard InChI is InChI=1S/C15H16BrN5/c1-20-4-6-21(7-5-20)15-14-13(17-9-18-15)11-8-10(16)2-3-12(11)19-14/h2-3,8-9,19H,4-7H2,1H3. The van der Waals surface area contributed by atoms with E-state index in [0.717, 1.165) is 58.4 Å². The van der Waals surface area contributed by atoms with Crippen molar-refractivity contribution in [1.82, 2.24) is 19.9 Å². The number of nitrogens with one attached hydrogen (secondary N) is 1. The van der Waals surface area contributed by atoms with Crippen LogP contribution < -0.4 is 4.90 Å². The number of piperazine rings is 1. The number of aromatic nitrogens is 3. The van der Waals surface area contributed by atoms with Crippen LogP contribution in [0, 0.1) is 0 Å². The van der Waals surface area contributed by atoms with E-state index in [0.29, 0.717) is 0 Å². The quantitative estimate of drug-likeness (QED) is 0.736. The predicted octanol–water partition coefficient (Wildman–Crippen LogP) is 2.63. The summed E-state index contributed by atoms with van der Waals surface area (Å²) in [7, 11) is 2.16. The van der Waals surface area contributed by atoms with Gasteiger partial charge in [0.2, 0.25) is 0 Å². The minimum Gasteiger partial charge on any atom is -0.352 e. The summed E-state index contributed by atoms with van der Waals surface area (Å²) in [6, 6.07) is 6.23. The molecule has 3 aromatic rings. The Balaban J connectivity index is 1.88. The molecule has 0 amide bonds. The number of aromatic amines is 1. The van der Waals surface area contributed by atoms with Crippen LogP contribution in [0.5, 0.6) is 0 Å². The molecule has 0 saturated carbocycles. The lowest BCUT2D eigenvalue weighted by molar-refractivity contribution is 0.312. The Labute approximate surface area is 131 Å². The fraction of sp³-hybridized carbons (Fsp3) is 0.333. The summed E-state index contributed by atoms with van der Waals surface area (Å²) in [6.07, 6.45) is 1.67. The average molecular weight is 346 g/mol. The third-order valence-corrected chi connectivity index (χ3v) is 4.62. The van der Waals surface area contributed by atoms with Gasteiger partial charge in [-0.05, 0) is 25.2 Å². The van der Waals surface area contributed by atoms with Crippen LogP contribution in [0.2, 0.25) is 0 Å². The van der Waals surface area contributed by atoms with E-state index in [1.54, 1.807) is 6.33 Å². The van der Waals surface area contributed by atoms with E-state index in [9.17, 15) is 0 Å². The minimum atomic E-state index is 0.996. The number of rotatable bonds is 1. The van der Waals surface area contributed by atoms with Gasteiger partial charge in [0.25, 0.3) is 0 Å². The summed E-state index contributed by atoms with van der Waals surface area (Å²) in [6.45, 7) is 4.14. The molecule has 21 heavy (non-hydrogen) atoms. The average Bonchev–Trinajstić information content (AvgIpc) is 2.86. The first-order valence-electron chi connectivity index (χ1n) is 7.08. The third kappa shape index (κ3) is 2.18. The van der Waals surface area contributed by atoms with Gasteiger partial charge in [-0.25, -0.2) is 9.97 Å². The first-order valence-corrected chi connectivity index (χ1v) is 7.87. The van der Waals surface area contributed by atoms with Gasteiger partial charge in [-0.3, -0.25) is 0 Å². The Morgan fingerprint density at radius 2 is 1.95 bits per heavy atom. The molecule has 5 nitrogen and oxygen atoms in total. The Bertz CT molecular complexity index is 804. The van der Waals surface area contributed by atoms with Crippen molar-refractivity contribution in [3.8, 4) is 0 Å². The highest BCUT2D eigenvalue weighted by Gasteiger charge is 2.19. The zero-order valence-corrected chi connectivity index (χ0v) is 13.4. The van der Waals surface area contributed by atoms with Gasteiger partial charge in [-0.2, -0.15) is 0 Å².